The number of Topliss-reactive ketones (excluding diaryl/α,β-unsaturated/α-hetero) is 1. The van der Waals surface area contributed by atoms with Crippen molar-refractivity contribution >= 4 is 16.8 Å². The molecule has 4 nitrogen and oxygen atoms in total. The maximum Gasteiger partial charge on any atom is 0.351 e. The molecule has 1 heterocycles. The summed E-state index contributed by atoms with van der Waals surface area (Å²) < 4.78 is 34.9. The predicted molar refractivity (Wildman–Crippen MR) is 54.2 cm³/mol. The lowest BCUT2D eigenvalue weighted by Gasteiger charge is -2.02. The monoisotopic (exact) mass is 208 g/mol. The number of carbonyl (C=O) groups excluding carboxylic acids is 1. The molecule has 0 atom stereocenters. The van der Waals surface area contributed by atoms with Crippen LogP contribution in [0.25, 0.3) is 11.0 Å². The number of ketones is 1. The number of hydrogen-bond donors (Lipinski definition) is 1. The van der Waals surface area contributed by atoms with E-state index >= 15 is 0 Å². The Morgan fingerprint density at radius 2 is 2.13 bits per heavy atom. The Balaban J connectivity index is 3.16. The van der Waals surface area contributed by atoms with Crippen molar-refractivity contribution in [1.82, 2.24) is 0 Å². The van der Waals surface area contributed by atoms with Gasteiger partial charge in [0, 0.05) is 0 Å². The summed E-state index contributed by atoms with van der Waals surface area (Å²) >= 11 is 0. The largest absolute Gasteiger partial charge is 0.506 e. The van der Waals surface area contributed by atoms with E-state index in [0.717, 1.165) is 6.92 Å². The fourth-order valence-corrected chi connectivity index (χ4v) is 1.22. The minimum Gasteiger partial charge on any atom is -0.506 e. The molecule has 0 bridgehead atoms. The highest BCUT2D eigenvalue weighted by molar-refractivity contribution is 6.01. The van der Waals surface area contributed by atoms with E-state index in [1.807, 2.05) is 0 Å². The van der Waals surface area contributed by atoms with Gasteiger partial charge < -0.3 is 9.52 Å². The van der Waals surface area contributed by atoms with Gasteiger partial charge in [0.05, 0.1) is 10.9 Å². The van der Waals surface area contributed by atoms with E-state index in [1.54, 1.807) is 0 Å². The fraction of sp³-hybridized carbons (Fsp3) is 0.0909. The van der Waals surface area contributed by atoms with E-state index in [2.05, 4.69) is 0 Å². The Morgan fingerprint density at radius 1 is 1.47 bits per heavy atom. The van der Waals surface area contributed by atoms with Crippen LogP contribution in [-0.2, 0) is 0 Å². The molecular weight excluding hydrogens is 196 g/mol. The predicted octanol–water partition coefficient (Wildman–Crippen LogP) is 1.70. The SMILES string of the molecule is [2H]c1c([2H])c([2H])c2c(O)c(C(C)=O)c(=O)oc2c1[2H]. The molecular formula is C11H8O4. The van der Waals surface area contributed by atoms with Gasteiger partial charge in [0.1, 0.15) is 16.9 Å². The minimum absolute atomic E-state index is 0.379. The molecule has 0 fully saturated rings. The molecule has 0 unspecified atom stereocenters. The van der Waals surface area contributed by atoms with Crippen molar-refractivity contribution in [1.29, 1.82) is 0 Å². The van der Waals surface area contributed by atoms with Crippen molar-refractivity contribution in [2.75, 3.05) is 0 Å². The summed E-state index contributed by atoms with van der Waals surface area (Å²) in [6.45, 7) is 1.05. The summed E-state index contributed by atoms with van der Waals surface area (Å²) in [4.78, 5) is 22.8. The van der Waals surface area contributed by atoms with E-state index in [0.29, 0.717) is 0 Å². The molecule has 0 saturated heterocycles. The summed E-state index contributed by atoms with van der Waals surface area (Å²) in [5.74, 6) is -1.54. The molecule has 0 radical (unpaired) electrons. The lowest BCUT2D eigenvalue weighted by molar-refractivity contribution is 0.101. The lowest BCUT2D eigenvalue weighted by Crippen LogP contribution is -2.11. The third-order valence-corrected chi connectivity index (χ3v) is 1.88. The maximum absolute atomic E-state index is 11.6. The highest BCUT2D eigenvalue weighted by atomic mass is 16.4. The van der Waals surface area contributed by atoms with Crippen LogP contribution in [0.3, 0.4) is 0 Å². The minimum atomic E-state index is -1.14. The summed E-state index contributed by atoms with van der Waals surface area (Å²) in [6.07, 6.45) is 0. The molecule has 0 aliphatic carbocycles. The zero-order valence-electron chi connectivity index (χ0n) is 11.7. The van der Waals surface area contributed by atoms with Crippen LogP contribution in [0.2, 0.25) is 0 Å². The number of fused-ring (bicyclic) bond motifs is 1. The molecule has 15 heavy (non-hydrogen) atoms. The van der Waals surface area contributed by atoms with Crippen molar-refractivity contribution in [3.8, 4) is 5.75 Å². The number of rotatable bonds is 1. The van der Waals surface area contributed by atoms with E-state index in [-0.39, 0.29) is 5.39 Å². The van der Waals surface area contributed by atoms with Gasteiger partial charge in [-0.05, 0) is 19.0 Å². The van der Waals surface area contributed by atoms with Gasteiger partial charge in [-0.2, -0.15) is 0 Å². The number of hydrogen-bond acceptors (Lipinski definition) is 4. The van der Waals surface area contributed by atoms with Gasteiger partial charge >= 0.3 is 5.63 Å². The molecule has 4 heteroatoms. The Labute approximate surface area is 90.4 Å². The van der Waals surface area contributed by atoms with Crippen molar-refractivity contribution < 1.29 is 19.8 Å². The van der Waals surface area contributed by atoms with Gasteiger partial charge in [0.15, 0.2) is 5.78 Å². The molecule has 76 valence electrons. The first-order chi connectivity index (χ1) is 8.77. The standard InChI is InChI=1S/C11H8O4/c1-6(12)9-10(13)7-4-2-3-5-8(7)15-11(9)14/h2-5,13H,1H3/i2D,3D,4D,5D. The van der Waals surface area contributed by atoms with E-state index in [1.165, 1.54) is 0 Å². The highest BCUT2D eigenvalue weighted by Crippen LogP contribution is 2.25. The first-order valence-electron chi connectivity index (χ1n) is 6.04. The van der Waals surface area contributed by atoms with Crippen LogP contribution in [0.5, 0.6) is 5.75 Å². The van der Waals surface area contributed by atoms with Crippen molar-refractivity contribution in [3.05, 3.63) is 40.2 Å². The second-order valence-corrected chi connectivity index (χ2v) is 2.87. The van der Waals surface area contributed by atoms with Gasteiger partial charge in [0.25, 0.3) is 0 Å². The number of para-hydroxylation sites is 1. The zero-order chi connectivity index (χ0) is 14.5. The second kappa shape index (κ2) is 3.24. The fourth-order valence-electron chi connectivity index (χ4n) is 1.22. The van der Waals surface area contributed by atoms with Gasteiger partial charge in [-0.3, -0.25) is 4.79 Å². The van der Waals surface area contributed by atoms with Gasteiger partial charge in [0.2, 0.25) is 0 Å². The van der Waals surface area contributed by atoms with Crippen LogP contribution < -0.4 is 5.63 Å². The Hall–Kier alpha value is -2.10. The molecule has 0 amide bonds. The van der Waals surface area contributed by atoms with Crippen LogP contribution in [0.4, 0.5) is 0 Å². The summed E-state index contributed by atoms with van der Waals surface area (Å²) in [5.41, 5.74) is -2.24. The van der Waals surface area contributed by atoms with Gasteiger partial charge in [-0.15, -0.1) is 0 Å². The summed E-state index contributed by atoms with van der Waals surface area (Å²) in [5, 5.41) is 9.51. The smallest absolute Gasteiger partial charge is 0.351 e. The van der Waals surface area contributed by atoms with Crippen LogP contribution >= 0.6 is 0 Å². The molecule has 1 aromatic heterocycles. The lowest BCUT2D eigenvalue weighted by atomic mass is 10.1. The summed E-state index contributed by atoms with van der Waals surface area (Å²) in [6, 6.07) is -2.33. The van der Waals surface area contributed by atoms with Crippen LogP contribution in [0.1, 0.15) is 22.8 Å². The maximum atomic E-state index is 11.6. The molecule has 0 aliphatic heterocycles. The average molecular weight is 208 g/mol. The molecule has 0 spiro atoms. The molecule has 0 saturated carbocycles. The molecule has 1 N–H and O–H groups in total. The topological polar surface area (TPSA) is 67.5 Å². The second-order valence-electron chi connectivity index (χ2n) is 2.87. The van der Waals surface area contributed by atoms with Crippen molar-refractivity contribution in [3.63, 3.8) is 0 Å². The Bertz CT molecular complexity index is 779. The first-order valence-corrected chi connectivity index (χ1v) is 4.04. The van der Waals surface area contributed by atoms with Gasteiger partial charge in [-0.1, -0.05) is 12.1 Å². The normalized spacial score (nSPS) is 14.2. The van der Waals surface area contributed by atoms with Crippen LogP contribution in [0.15, 0.2) is 33.4 Å². The molecule has 2 rings (SSSR count). The Morgan fingerprint density at radius 3 is 2.80 bits per heavy atom. The van der Waals surface area contributed by atoms with E-state index in [9.17, 15) is 14.7 Å². The summed E-state index contributed by atoms with van der Waals surface area (Å²) in [7, 11) is 0. The highest BCUT2D eigenvalue weighted by Gasteiger charge is 2.16. The first kappa shape index (κ1) is 5.70. The number of aromatic hydroxyl groups is 1. The van der Waals surface area contributed by atoms with Crippen molar-refractivity contribution in [2.24, 2.45) is 0 Å². The van der Waals surface area contributed by atoms with Crippen LogP contribution in [0, 0.1) is 0 Å². The third kappa shape index (κ3) is 1.40. The van der Waals surface area contributed by atoms with Crippen LogP contribution in [-0.4, -0.2) is 10.9 Å². The number of benzene rings is 1. The molecule has 0 aliphatic rings. The van der Waals surface area contributed by atoms with Crippen molar-refractivity contribution in [2.45, 2.75) is 6.92 Å². The molecule has 1 aromatic carbocycles. The zero-order valence-corrected chi connectivity index (χ0v) is 7.67. The average Bonchev–Trinajstić information content (AvgIpc) is 2.32. The van der Waals surface area contributed by atoms with Gasteiger partial charge in [-0.25, -0.2) is 4.79 Å². The Kier molecular flexibility index (Phi) is 1.23. The molecule has 2 aromatic rings. The third-order valence-electron chi connectivity index (χ3n) is 1.88. The van der Waals surface area contributed by atoms with E-state index < -0.39 is 52.5 Å². The number of carbonyl (C=O) groups is 1. The van der Waals surface area contributed by atoms with E-state index in [4.69, 9.17) is 9.90 Å². The quantitative estimate of drug-likeness (QED) is 0.572.